The van der Waals surface area contributed by atoms with Crippen molar-refractivity contribution in [2.45, 2.75) is 6.42 Å². The highest BCUT2D eigenvalue weighted by Gasteiger charge is 2.21. The van der Waals surface area contributed by atoms with Crippen LogP contribution < -0.4 is 0 Å². The van der Waals surface area contributed by atoms with Crippen LogP contribution in [0.1, 0.15) is 37.5 Å². The maximum Gasteiger partial charge on any atom is 0.345 e. The lowest BCUT2D eigenvalue weighted by Crippen LogP contribution is -2.17. The van der Waals surface area contributed by atoms with Gasteiger partial charge in [-0.25, -0.2) is 24.0 Å². The Morgan fingerprint density at radius 3 is 1.65 bits per heavy atom. The van der Waals surface area contributed by atoms with Gasteiger partial charge in [-0.1, -0.05) is 0 Å². The molecule has 0 unspecified atom stereocenters. The smallest absolute Gasteiger partial charge is 0.345 e. The van der Waals surface area contributed by atoms with Gasteiger partial charge in [-0.05, 0) is 18.2 Å². The van der Waals surface area contributed by atoms with Crippen molar-refractivity contribution in [3.8, 4) is 0 Å². The molecule has 11 nitrogen and oxygen atoms in total. The highest BCUT2D eigenvalue weighted by atomic mass is 16.6. The van der Waals surface area contributed by atoms with Gasteiger partial charge >= 0.3 is 35.8 Å². The lowest BCUT2D eigenvalue weighted by atomic mass is 10.1. The van der Waals surface area contributed by atoms with E-state index in [2.05, 4.69) is 4.74 Å². The Hall–Kier alpha value is -4.02. The molecule has 4 N–H and O–H groups in total. The molecule has 136 valence electrons. The van der Waals surface area contributed by atoms with Crippen LogP contribution in [0.5, 0.6) is 0 Å². The molecule has 0 fully saturated rings. The average Bonchev–Trinajstić information content (AvgIpc) is 2.52. The van der Waals surface area contributed by atoms with E-state index in [9.17, 15) is 28.8 Å². The first-order chi connectivity index (χ1) is 12.0. The summed E-state index contributed by atoms with van der Waals surface area (Å²) in [6.45, 7) is 0. The normalized spacial score (nSPS) is 10.7. The molecule has 0 atom stereocenters. The van der Waals surface area contributed by atoms with E-state index in [1.54, 1.807) is 0 Å². The number of ether oxygens (including phenoxy) is 1. The molecule has 0 amide bonds. The summed E-state index contributed by atoms with van der Waals surface area (Å²) in [5, 5.41) is 35.1. The predicted octanol–water partition coefficient (Wildman–Crippen LogP) is 0.252. The van der Waals surface area contributed by atoms with Crippen molar-refractivity contribution >= 4 is 35.8 Å². The summed E-state index contributed by atoms with van der Waals surface area (Å²) < 4.78 is 4.31. The second-order valence-electron chi connectivity index (χ2n) is 4.66. The number of aromatic carboxylic acids is 2. The molecule has 0 spiro atoms. The van der Waals surface area contributed by atoms with Crippen LogP contribution >= 0.6 is 0 Å². The van der Waals surface area contributed by atoms with Gasteiger partial charge in [-0.3, -0.25) is 4.79 Å². The largest absolute Gasteiger partial charge is 0.478 e. The van der Waals surface area contributed by atoms with Crippen LogP contribution in [0.15, 0.2) is 29.8 Å². The summed E-state index contributed by atoms with van der Waals surface area (Å²) in [5.41, 5.74) is -2.54. The molecule has 0 aliphatic rings. The second kappa shape index (κ2) is 8.19. The Morgan fingerprint density at radius 2 is 1.27 bits per heavy atom. The fourth-order valence-corrected chi connectivity index (χ4v) is 1.68. The van der Waals surface area contributed by atoms with Gasteiger partial charge in [-0.2, -0.15) is 0 Å². The van der Waals surface area contributed by atoms with Crippen molar-refractivity contribution in [1.82, 2.24) is 0 Å². The maximum absolute atomic E-state index is 11.9. The molecule has 0 aromatic heterocycles. The number of hydrogen-bond acceptors (Lipinski definition) is 7. The van der Waals surface area contributed by atoms with Gasteiger partial charge < -0.3 is 25.2 Å². The van der Waals surface area contributed by atoms with Crippen LogP contribution in [0.2, 0.25) is 0 Å². The summed E-state index contributed by atoms with van der Waals surface area (Å²) in [6.07, 6.45) is -0.820. The number of carboxylic acids is 4. The molecule has 0 aliphatic carbocycles. The minimum absolute atomic E-state index is 0.238. The lowest BCUT2D eigenvalue weighted by molar-refractivity contribution is -0.140. The molecule has 1 rings (SSSR count). The third-order valence-corrected chi connectivity index (χ3v) is 2.78. The number of carbonyl (C=O) groups excluding carboxylic acids is 2. The van der Waals surface area contributed by atoms with Crippen LogP contribution in [-0.4, -0.2) is 56.2 Å². The first-order valence-corrected chi connectivity index (χ1v) is 6.54. The summed E-state index contributed by atoms with van der Waals surface area (Å²) in [4.78, 5) is 66.6. The summed E-state index contributed by atoms with van der Waals surface area (Å²) in [6, 6.07) is 2.30. The van der Waals surface area contributed by atoms with Crippen molar-refractivity contribution in [2.24, 2.45) is 0 Å². The van der Waals surface area contributed by atoms with E-state index in [0.29, 0.717) is 0 Å². The molecule has 0 bridgehead atoms. The molecular weight excluding hydrogens is 356 g/mol. The number of hydrogen-bond donors (Lipinski definition) is 4. The molecule has 11 heteroatoms. The molecular formula is C15H10O11. The van der Waals surface area contributed by atoms with Gasteiger partial charge in [0.1, 0.15) is 0 Å². The zero-order chi connectivity index (χ0) is 20.0. The van der Waals surface area contributed by atoms with Crippen molar-refractivity contribution in [3.05, 3.63) is 46.5 Å². The summed E-state index contributed by atoms with van der Waals surface area (Å²) >= 11 is 0. The average molecular weight is 366 g/mol. The monoisotopic (exact) mass is 366 g/mol. The SMILES string of the molecule is O=C(O)C=C(CC(=O)OC(=O)c1cc(C(=O)O)cc(C(=O)O)c1)C(=O)O. The maximum atomic E-state index is 11.9. The number of esters is 2. The van der Waals surface area contributed by atoms with Gasteiger partial charge in [0.15, 0.2) is 0 Å². The van der Waals surface area contributed by atoms with E-state index in [0.717, 1.165) is 18.2 Å². The highest BCUT2D eigenvalue weighted by Crippen LogP contribution is 2.13. The minimum atomic E-state index is -1.72. The van der Waals surface area contributed by atoms with E-state index >= 15 is 0 Å². The number of rotatable bonds is 7. The van der Waals surface area contributed by atoms with Crippen molar-refractivity contribution in [3.63, 3.8) is 0 Å². The quantitative estimate of drug-likeness (QED) is 0.293. The van der Waals surface area contributed by atoms with Crippen LogP contribution in [-0.2, 0) is 19.1 Å². The molecule has 1 aromatic rings. The first-order valence-electron chi connectivity index (χ1n) is 6.54. The highest BCUT2D eigenvalue weighted by molar-refractivity contribution is 6.04. The van der Waals surface area contributed by atoms with Crippen LogP contribution in [0.25, 0.3) is 0 Å². The zero-order valence-corrected chi connectivity index (χ0v) is 12.7. The van der Waals surface area contributed by atoms with Gasteiger partial charge in [-0.15, -0.1) is 0 Å². The van der Waals surface area contributed by atoms with E-state index in [4.69, 9.17) is 20.4 Å². The summed E-state index contributed by atoms with van der Waals surface area (Å²) in [7, 11) is 0. The van der Waals surface area contributed by atoms with E-state index in [1.165, 1.54) is 0 Å². The van der Waals surface area contributed by atoms with Crippen LogP contribution in [0.3, 0.4) is 0 Å². The Balaban J connectivity index is 3.05. The van der Waals surface area contributed by atoms with Crippen LogP contribution in [0.4, 0.5) is 0 Å². The lowest BCUT2D eigenvalue weighted by Gasteiger charge is -2.06. The second-order valence-corrected chi connectivity index (χ2v) is 4.66. The van der Waals surface area contributed by atoms with E-state index in [1.807, 2.05) is 0 Å². The molecule has 26 heavy (non-hydrogen) atoms. The Morgan fingerprint density at radius 1 is 0.808 bits per heavy atom. The van der Waals surface area contributed by atoms with E-state index in [-0.39, 0.29) is 6.08 Å². The van der Waals surface area contributed by atoms with Gasteiger partial charge in [0.25, 0.3) is 0 Å². The number of carboxylic acid groups (broad SMARTS) is 4. The van der Waals surface area contributed by atoms with E-state index < -0.39 is 64.5 Å². The topological polar surface area (TPSA) is 193 Å². The Labute approximate surface area is 143 Å². The minimum Gasteiger partial charge on any atom is -0.478 e. The Bertz CT molecular complexity index is 815. The van der Waals surface area contributed by atoms with Crippen LogP contribution in [0, 0.1) is 0 Å². The third-order valence-electron chi connectivity index (χ3n) is 2.78. The molecule has 0 heterocycles. The number of benzene rings is 1. The van der Waals surface area contributed by atoms with Crippen molar-refractivity contribution in [2.75, 3.05) is 0 Å². The first kappa shape index (κ1) is 20.0. The number of carbonyl (C=O) groups is 6. The van der Waals surface area contributed by atoms with Crippen molar-refractivity contribution in [1.29, 1.82) is 0 Å². The van der Waals surface area contributed by atoms with Gasteiger partial charge in [0.05, 0.1) is 28.7 Å². The molecule has 1 aromatic carbocycles. The fourth-order valence-electron chi connectivity index (χ4n) is 1.68. The fraction of sp³-hybridized carbons (Fsp3) is 0.0667. The molecule has 0 saturated heterocycles. The van der Waals surface area contributed by atoms with Gasteiger partial charge in [0.2, 0.25) is 0 Å². The summed E-state index contributed by atoms with van der Waals surface area (Å²) in [5.74, 6) is -9.29. The molecule has 0 aliphatic heterocycles. The van der Waals surface area contributed by atoms with Gasteiger partial charge in [0, 0.05) is 6.08 Å². The standard InChI is InChI=1S/C15H10O11/c16-10(17)4-8(14(23)24)5-11(18)26-15(25)9-2-6(12(19)20)1-7(3-9)13(21)22/h1-4H,5H2,(H,16,17)(H,19,20)(H,21,22)(H,23,24). The predicted molar refractivity (Wildman–Crippen MR) is 78.8 cm³/mol. The number of aliphatic carboxylic acids is 2. The molecule has 0 radical (unpaired) electrons. The third kappa shape index (κ3) is 5.56. The Kier molecular flexibility index (Phi) is 6.31. The zero-order valence-electron chi connectivity index (χ0n) is 12.7. The molecule has 0 saturated carbocycles. The van der Waals surface area contributed by atoms with Crippen molar-refractivity contribution < 1.29 is 53.9 Å².